The summed E-state index contributed by atoms with van der Waals surface area (Å²) in [4.78, 5) is 40.0. The maximum atomic E-state index is 12.9. The smallest absolute Gasteiger partial charge is 0.292 e. The van der Waals surface area contributed by atoms with Gasteiger partial charge < -0.3 is 0 Å². The SMILES string of the molecule is O=C1C(=O)N(c2nncs2)C(c2ccccc2)C1C(=O)c1cccs1. The minimum atomic E-state index is -1.09. The lowest BCUT2D eigenvalue weighted by atomic mass is 9.89. The second-order valence-electron chi connectivity index (χ2n) is 5.44. The van der Waals surface area contributed by atoms with Crippen LogP contribution in [0, 0.1) is 5.92 Å². The molecule has 3 aromatic rings. The Kier molecular flexibility index (Phi) is 3.98. The van der Waals surface area contributed by atoms with Crippen LogP contribution in [-0.2, 0) is 9.59 Å². The molecular weight excluding hydrogens is 358 g/mol. The molecule has 6 nitrogen and oxygen atoms in total. The molecule has 4 rings (SSSR count). The standard InChI is InChI=1S/C17H11N3O3S2/c21-14(11-7-4-8-24-11)12-13(10-5-2-1-3-6-10)20(16(23)15(12)22)17-19-18-9-25-17/h1-9,12-13H. The Morgan fingerprint density at radius 3 is 2.48 bits per heavy atom. The Balaban J connectivity index is 1.85. The summed E-state index contributed by atoms with van der Waals surface area (Å²) in [5.41, 5.74) is 2.20. The van der Waals surface area contributed by atoms with Gasteiger partial charge in [-0.2, -0.15) is 0 Å². The van der Waals surface area contributed by atoms with Gasteiger partial charge in [0.25, 0.3) is 5.91 Å². The summed E-state index contributed by atoms with van der Waals surface area (Å²) in [6.07, 6.45) is 0. The van der Waals surface area contributed by atoms with Gasteiger partial charge in [0.05, 0.1) is 10.9 Å². The van der Waals surface area contributed by atoms with E-state index in [2.05, 4.69) is 10.2 Å². The highest BCUT2D eigenvalue weighted by Crippen LogP contribution is 2.41. The topological polar surface area (TPSA) is 80.2 Å². The first-order chi connectivity index (χ1) is 12.2. The Hall–Kier alpha value is -2.71. The predicted octanol–water partition coefficient (Wildman–Crippen LogP) is 2.76. The molecule has 1 saturated heterocycles. The van der Waals surface area contributed by atoms with Gasteiger partial charge in [0.15, 0.2) is 5.78 Å². The van der Waals surface area contributed by atoms with Crippen molar-refractivity contribution in [1.82, 2.24) is 10.2 Å². The second-order valence-corrected chi connectivity index (χ2v) is 7.19. The first-order valence-corrected chi connectivity index (χ1v) is 9.20. The number of benzene rings is 1. The van der Waals surface area contributed by atoms with Crippen molar-refractivity contribution in [2.45, 2.75) is 6.04 Å². The number of anilines is 1. The molecule has 2 unspecified atom stereocenters. The number of amides is 1. The number of hydrogen-bond donors (Lipinski definition) is 0. The quantitative estimate of drug-likeness (QED) is 0.401. The minimum Gasteiger partial charge on any atom is -0.292 e. The highest BCUT2D eigenvalue weighted by Gasteiger charge is 2.53. The van der Waals surface area contributed by atoms with Crippen molar-refractivity contribution in [2.75, 3.05) is 4.90 Å². The fourth-order valence-corrected chi connectivity index (χ4v) is 4.27. The van der Waals surface area contributed by atoms with E-state index in [1.165, 1.54) is 21.7 Å². The maximum absolute atomic E-state index is 12.9. The van der Waals surface area contributed by atoms with Gasteiger partial charge in [0.1, 0.15) is 11.4 Å². The first kappa shape index (κ1) is 15.8. The van der Waals surface area contributed by atoms with Gasteiger partial charge in [0, 0.05) is 0 Å². The van der Waals surface area contributed by atoms with Crippen LogP contribution >= 0.6 is 22.7 Å². The third kappa shape index (κ3) is 2.59. The normalized spacial score (nSPS) is 20.2. The summed E-state index contributed by atoms with van der Waals surface area (Å²) in [6, 6.07) is 11.8. The van der Waals surface area contributed by atoms with E-state index in [0.717, 1.165) is 11.3 Å². The summed E-state index contributed by atoms with van der Waals surface area (Å²) in [6.45, 7) is 0. The van der Waals surface area contributed by atoms with Gasteiger partial charge in [0.2, 0.25) is 10.9 Å². The molecule has 25 heavy (non-hydrogen) atoms. The van der Waals surface area contributed by atoms with Gasteiger partial charge in [-0.1, -0.05) is 47.7 Å². The second kappa shape index (κ2) is 6.30. The van der Waals surface area contributed by atoms with Gasteiger partial charge in [-0.15, -0.1) is 21.5 Å². The molecule has 1 amide bonds. The average Bonchev–Trinajstić information content (AvgIpc) is 3.37. The van der Waals surface area contributed by atoms with Crippen molar-refractivity contribution in [1.29, 1.82) is 0 Å². The van der Waals surface area contributed by atoms with E-state index >= 15 is 0 Å². The van der Waals surface area contributed by atoms with E-state index in [4.69, 9.17) is 0 Å². The number of Topliss-reactive ketones (excluding diaryl/α,β-unsaturated/α-hetero) is 2. The summed E-state index contributed by atoms with van der Waals surface area (Å²) in [5, 5.41) is 9.77. The lowest BCUT2D eigenvalue weighted by Gasteiger charge is -2.24. The first-order valence-electron chi connectivity index (χ1n) is 7.44. The van der Waals surface area contributed by atoms with Crippen molar-refractivity contribution in [2.24, 2.45) is 5.92 Å². The predicted molar refractivity (Wildman–Crippen MR) is 93.7 cm³/mol. The fraction of sp³-hybridized carbons (Fsp3) is 0.118. The lowest BCUT2D eigenvalue weighted by Crippen LogP contribution is -2.30. The average molecular weight is 369 g/mol. The Morgan fingerprint density at radius 2 is 1.84 bits per heavy atom. The molecule has 0 saturated carbocycles. The largest absolute Gasteiger partial charge is 0.297 e. The zero-order valence-electron chi connectivity index (χ0n) is 12.7. The molecule has 0 N–H and O–H groups in total. The van der Waals surface area contributed by atoms with Crippen LogP contribution in [0.5, 0.6) is 0 Å². The van der Waals surface area contributed by atoms with Crippen molar-refractivity contribution in [3.05, 3.63) is 63.8 Å². The van der Waals surface area contributed by atoms with Gasteiger partial charge >= 0.3 is 0 Å². The zero-order valence-corrected chi connectivity index (χ0v) is 14.4. The van der Waals surface area contributed by atoms with Crippen molar-refractivity contribution in [3.63, 3.8) is 0 Å². The Labute approximate surface area is 150 Å². The van der Waals surface area contributed by atoms with Crippen molar-refractivity contribution in [3.8, 4) is 0 Å². The molecule has 2 atom stereocenters. The summed E-state index contributed by atoms with van der Waals surface area (Å²) < 4.78 is 0. The number of ketones is 2. The van der Waals surface area contributed by atoms with E-state index in [1.807, 2.05) is 18.2 Å². The lowest BCUT2D eigenvalue weighted by molar-refractivity contribution is -0.135. The van der Waals surface area contributed by atoms with Crippen LogP contribution in [0.3, 0.4) is 0 Å². The molecule has 8 heteroatoms. The highest BCUT2D eigenvalue weighted by molar-refractivity contribution is 7.13. The third-order valence-electron chi connectivity index (χ3n) is 4.05. The van der Waals surface area contributed by atoms with E-state index < -0.39 is 23.7 Å². The molecular formula is C17H11N3O3S2. The molecule has 1 aliphatic heterocycles. The summed E-state index contributed by atoms with van der Waals surface area (Å²) >= 11 is 2.42. The van der Waals surface area contributed by atoms with Gasteiger partial charge in [-0.05, 0) is 17.0 Å². The zero-order chi connectivity index (χ0) is 17.4. The number of thiophene rings is 1. The van der Waals surface area contributed by atoms with Crippen molar-refractivity contribution < 1.29 is 14.4 Å². The van der Waals surface area contributed by atoms with Crippen LogP contribution in [0.2, 0.25) is 0 Å². The number of hydrogen-bond acceptors (Lipinski definition) is 7. The molecule has 1 aromatic carbocycles. The Morgan fingerprint density at radius 1 is 1.04 bits per heavy atom. The van der Waals surface area contributed by atoms with E-state index in [1.54, 1.807) is 29.6 Å². The van der Waals surface area contributed by atoms with Crippen LogP contribution in [0.15, 0.2) is 53.4 Å². The number of nitrogens with zero attached hydrogens (tertiary/aromatic N) is 3. The molecule has 1 aliphatic rings. The molecule has 0 radical (unpaired) electrons. The number of carbonyl (C=O) groups excluding carboxylic acids is 3. The van der Waals surface area contributed by atoms with Crippen LogP contribution in [0.25, 0.3) is 0 Å². The number of rotatable bonds is 4. The molecule has 124 valence electrons. The van der Waals surface area contributed by atoms with Crippen LogP contribution in [0.4, 0.5) is 5.13 Å². The maximum Gasteiger partial charge on any atom is 0.297 e. The fourth-order valence-electron chi connectivity index (χ4n) is 2.97. The molecule has 0 spiro atoms. The van der Waals surface area contributed by atoms with Gasteiger partial charge in [-0.25, -0.2) is 0 Å². The monoisotopic (exact) mass is 369 g/mol. The van der Waals surface area contributed by atoms with Crippen molar-refractivity contribution >= 4 is 45.3 Å². The molecule has 0 bridgehead atoms. The van der Waals surface area contributed by atoms with Crippen LogP contribution in [0.1, 0.15) is 21.3 Å². The summed E-state index contributed by atoms with van der Waals surface area (Å²) in [7, 11) is 0. The minimum absolute atomic E-state index is 0.314. The van der Waals surface area contributed by atoms with Crippen LogP contribution in [-0.4, -0.2) is 27.7 Å². The third-order valence-corrected chi connectivity index (χ3v) is 5.62. The Bertz CT molecular complexity index is 923. The highest BCUT2D eigenvalue weighted by atomic mass is 32.1. The molecule has 2 aromatic heterocycles. The summed E-state index contributed by atoms with van der Waals surface area (Å²) in [5.74, 6) is -2.85. The molecule has 3 heterocycles. The molecule has 1 fully saturated rings. The number of aromatic nitrogens is 2. The number of carbonyl (C=O) groups is 3. The van der Waals surface area contributed by atoms with E-state index in [0.29, 0.717) is 15.6 Å². The van der Waals surface area contributed by atoms with Gasteiger partial charge in [-0.3, -0.25) is 19.3 Å². The van der Waals surface area contributed by atoms with E-state index in [-0.39, 0.29) is 5.78 Å². The van der Waals surface area contributed by atoms with E-state index in [9.17, 15) is 14.4 Å². The van der Waals surface area contributed by atoms with Crippen LogP contribution < -0.4 is 4.90 Å². The molecule has 0 aliphatic carbocycles.